The molecule has 0 heterocycles. The van der Waals surface area contributed by atoms with E-state index in [1.54, 1.807) is 0 Å². The lowest BCUT2D eigenvalue weighted by molar-refractivity contribution is -0.105. The summed E-state index contributed by atoms with van der Waals surface area (Å²) in [6.45, 7) is 4.48. The molecule has 1 rings (SSSR count). The Morgan fingerprint density at radius 3 is 1.89 bits per heavy atom. The van der Waals surface area contributed by atoms with E-state index in [1.807, 2.05) is 7.11 Å². The molecule has 1 aliphatic carbocycles. The molecular weight excluding hydrogens is 112 g/mol. The van der Waals surface area contributed by atoms with Crippen LogP contribution in [0.1, 0.15) is 33.1 Å². The standard InChI is InChI=1S/C8H16O/c1-7(2)8(9-3)5-4-6-8/h7H,4-6H2,1-3H3. The normalized spacial score (nSPS) is 24.0. The van der Waals surface area contributed by atoms with Crippen molar-refractivity contribution in [1.82, 2.24) is 0 Å². The lowest BCUT2D eigenvalue weighted by atomic mass is 9.72. The molecule has 0 aromatic carbocycles. The number of hydrogen-bond acceptors (Lipinski definition) is 1. The molecule has 0 bridgehead atoms. The van der Waals surface area contributed by atoms with Gasteiger partial charge in [-0.1, -0.05) is 13.8 Å². The molecule has 1 saturated carbocycles. The van der Waals surface area contributed by atoms with Crippen molar-refractivity contribution in [2.24, 2.45) is 5.92 Å². The minimum Gasteiger partial charge on any atom is -0.378 e. The minimum absolute atomic E-state index is 0.264. The SMILES string of the molecule is COC1(C(C)C)CCC1. The Labute approximate surface area is 57.4 Å². The number of rotatable bonds is 2. The quantitative estimate of drug-likeness (QED) is 0.554. The van der Waals surface area contributed by atoms with Gasteiger partial charge in [-0.2, -0.15) is 0 Å². The smallest absolute Gasteiger partial charge is 0.0701 e. The van der Waals surface area contributed by atoms with Crippen molar-refractivity contribution in [3.05, 3.63) is 0 Å². The van der Waals surface area contributed by atoms with Gasteiger partial charge < -0.3 is 4.74 Å². The molecule has 0 unspecified atom stereocenters. The van der Waals surface area contributed by atoms with Gasteiger partial charge in [0.2, 0.25) is 0 Å². The molecule has 0 N–H and O–H groups in total. The van der Waals surface area contributed by atoms with Crippen LogP contribution in [0.2, 0.25) is 0 Å². The van der Waals surface area contributed by atoms with Crippen molar-refractivity contribution in [1.29, 1.82) is 0 Å². The minimum atomic E-state index is 0.264. The molecule has 0 spiro atoms. The van der Waals surface area contributed by atoms with Crippen LogP contribution in [0.4, 0.5) is 0 Å². The van der Waals surface area contributed by atoms with E-state index in [9.17, 15) is 0 Å². The average molecular weight is 128 g/mol. The first-order chi connectivity index (χ1) is 4.21. The van der Waals surface area contributed by atoms with Crippen molar-refractivity contribution in [3.8, 4) is 0 Å². The second-order valence-corrected chi connectivity index (χ2v) is 3.28. The molecule has 1 fully saturated rings. The number of hydrogen-bond donors (Lipinski definition) is 0. The van der Waals surface area contributed by atoms with E-state index in [2.05, 4.69) is 13.8 Å². The van der Waals surface area contributed by atoms with E-state index < -0.39 is 0 Å². The first-order valence-electron chi connectivity index (χ1n) is 3.76. The third kappa shape index (κ3) is 0.983. The Balaban J connectivity index is 2.46. The van der Waals surface area contributed by atoms with Crippen molar-refractivity contribution in [3.63, 3.8) is 0 Å². The zero-order chi connectivity index (χ0) is 6.91. The van der Waals surface area contributed by atoms with Crippen LogP contribution >= 0.6 is 0 Å². The third-order valence-corrected chi connectivity index (χ3v) is 2.66. The molecule has 0 aromatic heterocycles. The van der Waals surface area contributed by atoms with Gasteiger partial charge >= 0.3 is 0 Å². The van der Waals surface area contributed by atoms with Crippen LogP contribution in [0, 0.1) is 5.92 Å². The number of methoxy groups -OCH3 is 1. The van der Waals surface area contributed by atoms with E-state index in [-0.39, 0.29) is 5.60 Å². The molecule has 1 heteroatoms. The van der Waals surface area contributed by atoms with Gasteiger partial charge in [0.1, 0.15) is 0 Å². The van der Waals surface area contributed by atoms with Gasteiger partial charge in [-0.3, -0.25) is 0 Å². The van der Waals surface area contributed by atoms with E-state index in [0.29, 0.717) is 5.92 Å². The summed E-state index contributed by atoms with van der Waals surface area (Å²) in [5.41, 5.74) is 0.264. The molecular formula is C8H16O. The maximum atomic E-state index is 5.44. The highest BCUT2D eigenvalue weighted by Gasteiger charge is 2.39. The number of ether oxygens (including phenoxy) is 1. The molecule has 0 aromatic rings. The molecule has 0 aliphatic heterocycles. The van der Waals surface area contributed by atoms with E-state index in [0.717, 1.165) is 0 Å². The molecule has 0 radical (unpaired) electrons. The van der Waals surface area contributed by atoms with Crippen molar-refractivity contribution in [2.75, 3.05) is 7.11 Å². The van der Waals surface area contributed by atoms with Gasteiger partial charge in [0.25, 0.3) is 0 Å². The van der Waals surface area contributed by atoms with Gasteiger partial charge in [0, 0.05) is 7.11 Å². The van der Waals surface area contributed by atoms with Crippen LogP contribution < -0.4 is 0 Å². The first kappa shape index (κ1) is 7.07. The zero-order valence-corrected chi connectivity index (χ0v) is 6.61. The summed E-state index contributed by atoms with van der Waals surface area (Å²) in [5.74, 6) is 0.691. The Kier molecular flexibility index (Phi) is 1.80. The summed E-state index contributed by atoms with van der Waals surface area (Å²) in [6, 6.07) is 0. The zero-order valence-electron chi connectivity index (χ0n) is 6.61. The molecule has 1 nitrogen and oxygen atoms in total. The lowest BCUT2D eigenvalue weighted by Gasteiger charge is -2.44. The molecule has 0 atom stereocenters. The fourth-order valence-electron chi connectivity index (χ4n) is 1.54. The van der Waals surface area contributed by atoms with Gasteiger partial charge in [-0.05, 0) is 25.2 Å². The van der Waals surface area contributed by atoms with Gasteiger partial charge in [-0.25, -0.2) is 0 Å². The summed E-state index contributed by atoms with van der Waals surface area (Å²) >= 11 is 0. The summed E-state index contributed by atoms with van der Waals surface area (Å²) in [7, 11) is 1.83. The Hall–Kier alpha value is -0.0400. The predicted molar refractivity (Wildman–Crippen MR) is 38.4 cm³/mol. The van der Waals surface area contributed by atoms with Crippen LogP contribution in [0.25, 0.3) is 0 Å². The van der Waals surface area contributed by atoms with Gasteiger partial charge in [0.05, 0.1) is 5.60 Å². The first-order valence-corrected chi connectivity index (χ1v) is 3.76. The summed E-state index contributed by atoms with van der Waals surface area (Å²) in [4.78, 5) is 0. The molecule has 0 saturated heterocycles. The van der Waals surface area contributed by atoms with Crippen molar-refractivity contribution < 1.29 is 4.74 Å². The predicted octanol–water partition coefficient (Wildman–Crippen LogP) is 2.21. The summed E-state index contributed by atoms with van der Waals surface area (Å²) < 4.78 is 5.44. The van der Waals surface area contributed by atoms with Crippen LogP contribution in [0.3, 0.4) is 0 Å². The van der Waals surface area contributed by atoms with E-state index >= 15 is 0 Å². The molecule has 0 amide bonds. The molecule has 9 heavy (non-hydrogen) atoms. The Bertz CT molecular complexity index is 87.2. The molecule has 1 aliphatic rings. The highest BCUT2D eigenvalue weighted by molar-refractivity contribution is 4.91. The highest BCUT2D eigenvalue weighted by Crippen LogP contribution is 2.40. The van der Waals surface area contributed by atoms with E-state index in [1.165, 1.54) is 19.3 Å². The fourth-order valence-corrected chi connectivity index (χ4v) is 1.54. The van der Waals surface area contributed by atoms with Crippen LogP contribution in [-0.2, 0) is 4.74 Å². The van der Waals surface area contributed by atoms with Crippen molar-refractivity contribution >= 4 is 0 Å². The lowest BCUT2D eigenvalue weighted by Crippen LogP contribution is -2.43. The Morgan fingerprint density at radius 2 is 1.89 bits per heavy atom. The average Bonchev–Trinajstić information content (AvgIpc) is 1.62. The van der Waals surface area contributed by atoms with Crippen LogP contribution in [-0.4, -0.2) is 12.7 Å². The third-order valence-electron chi connectivity index (χ3n) is 2.66. The monoisotopic (exact) mass is 128 g/mol. The highest BCUT2D eigenvalue weighted by atomic mass is 16.5. The fraction of sp³-hybridized carbons (Fsp3) is 1.00. The maximum Gasteiger partial charge on any atom is 0.0701 e. The second-order valence-electron chi connectivity index (χ2n) is 3.28. The van der Waals surface area contributed by atoms with E-state index in [4.69, 9.17) is 4.74 Å². The Morgan fingerprint density at radius 1 is 1.33 bits per heavy atom. The topological polar surface area (TPSA) is 9.23 Å². The summed E-state index contributed by atoms with van der Waals surface area (Å²) in [5, 5.41) is 0. The molecule has 54 valence electrons. The summed E-state index contributed by atoms with van der Waals surface area (Å²) in [6.07, 6.45) is 3.88. The second kappa shape index (κ2) is 2.30. The largest absolute Gasteiger partial charge is 0.378 e. The van der Waals surface area contributed by atoms with Gasteiger partial charge in [-0.15, -0.1) is 0 Å². The van der Waals surface area contributed by atoms with Crippen LogP contribution in [0.15, 0.2) is 0 Å². The van der Waals surface area contributed by atoms with Crippen molar-refractivity contribution in [2.45, 2.75) is 38.7 Å². The van der Waals surface area contributed by atoms with Crippen LogP contribution in [0.5, 0.6) is 0 Å². The van der Waals surface area contributed by atoms with Gasteiger partial charge in [0.15, 0.2) is 0 Å². The maximum absolute atomic E-state index is 5.44.